The lowest BCUT2D eigenvalue weighted by Crippen LogP contribution is -2.42. The highest BCUT2D eigenvalue weighted by Crippen LogP contribution is 2.34. The molecule has 2 saturated carbocycles. The first-order valence-electron chi connectivity index (χ1n) is 10.3. The van der Waals surface area contributed by atoms with E-state index in [-0.39, 0.29) is 0 Å². The topological polar surface area (TPSA) is 60.0 Å². The Kier molecular flexibility index (Phi) is 6.96. The number of rotatable bonds is 11. The van der Waals surface area contributed by atoms with E-state index in [0.29, 0.717) is 5.91 Å². The van der Waals surface area contributed by atoms with E-state index >= 15 is 0 Å². The third kappa shape index (κ3) is 6.49. The van der Waals surface area contributed by atoms with E-state index in [4.69, 9.17) is 0 Å². The Morgan fingerprint density at radius 3 is 2.76 bits per heavy atom. The molecule has 1 aliphatic heterocycles. The zero-order valence-electron chi connectivity index (χ0n) is 15.8. The maximum Gasteiger partial charge on any atom is 0.222 e. The van der Waals surface area contributed by atoms with Crippen LogP contribution in [0.4, 0.5) is 0 Å². The first-order chi connectivity index (χ1) is 12.3. The Labute approximate surface area is 152 Å². The van der Waals surface area contributed by atoms with Gasteiger partial charge < -0.3 is 15.5 Å². The molecule has 0 aromatic rings. The van der Waals surface area contributed by atoms with Crippen LogP contribution >= 0.6 is 0 Å². The first kappa shape index (κ1) is 18.5. The average Bonchev–Trinajstić information content (AvgIpc) is 3.51. The van der Waals surface area contributed by atoms with Gasteiger partial charge in [0, 0.05) is 58.3 Å². The van der Waals surface area contributed by atoms with Gasteiger partial charge in [-0.3, -0.25) is 14.7 Å². The van der Waals surface area contributed by atoms with Crippen molar-refractivity contribution in [3.05, 3.63) is 0 Å². The van der Waals surface area contributed by atoms with Crippen LogP contribution in [0, 0.1) is 5.92 Å². The van der Waals surface area contributed by atoms with Crippen LogP contribution in [-0.2, 0) is 4.79 Å². The molecule has 0 unspecified atom stereocenters. The van der Waals surface area contributed by atoms with Crippen molar-refractivity contribution in [1.82, 2.24) is 20.4 Å². The molecule has 0 aromatic carbocycles. The van der Waals surface area contributed by atoms with Gasteiger partial charge in [-0.05, 0) is 51.4 Å². The lowest BCUT2D eigenvalue weighted by atomic mass is 10.3. The van der Waals surface area contributed by atoms with Crippen LogP contribution in [0.25, 0.3) is 0 Å². The molecule has 0 radical (unpaired) electrons. The molecular weight excluding hydrogens is 314 g/mol. The van der Waals surface area contributed by atoms with Gasteiger partial charge in [0.1, 0.15) is 0 Å². The predicted octanol–water partition coefficient (Wildman–Crippen LogP) is 1.43. The maximum atomic E-state index is 11.6. The third-order valence-corrected chi connectivity index (χ3v) is 5.32. The number of aliphatic imine (C=N–C) groups is 1. The SMILES string of the molecule is CCNC(=NCCCN1CCCC1=O)NCCN(CC1CC1)C1CC1. The van der Waals surface area contributed by atoms with Gasteiger partial charge in [-0.2, -0.15) is 0 Å². The summed E-state index contributed by atoms with van der Waals surface area (Å²) >= 11 is 0. The van der Waals surface area contributed by atoms with Crippen molar-refractivity contribution in [2.45, 2.75) is 57.9 Å². The Balaban J connectivity index is 1.33. The summed E-state index contributed by atoms with van der Waals surface area (Å²) in [6.45, 7) is 8.90. The second-order valence-corrected chi connectivity index (χ2v) is 7.69. The van der Waals surface area contributed by atoms with Crippen LogP contribution in [-0.4, -0.2) is 73.5 Å². The van der Waals surface area contributed by atoms with Crippen molar-refractivity contribution in [1.29, 1.82) is 0 Å². The number of guanidine groups is 1. The maximum absolute atomic E-state index is 11.6. The van der Waals surface area contributed by atoms with Crippen molar-refractivity contribution >= 4 is 11.9 Å². The highest BCUT2D eigenvalue weighted by atomic mass is 16.2. The van der Waals surface area contributed by atoms with Crippen molar-refractivity contribution in [2.75, 3.05) is 45.8 Å². The molecule has 6 heteroatoms. The number of nitrogens with zero attached hydrogens (tertiary/aromatic N) is 3. The number of carbonyl (C=O) groups excluding carboxylic acids is 1. The summed E-state index contributed by atoms with van der Waals surface area (Å²) in [6.07, 6.45) is 8.32. The summed E-state index contributed by atoms with van der Waals surface area (Å²) in [4.78, 5) is 20.9. The Hall–Kier alpha value is -1.30. The molecular formula is C19H35N5O. The van der Waals surface area contributed by atoms with Gasteiger partial charge in [0.05, 0.1) is 0 Å². The van der Waals surface area contributed by atoms with Crippen LogP contribution in [0.3, 0.4) is 0 Å². The smallest absolute Gasteiger partial charge is 0.222 e. The van der Waals surface area contributed by atoms with Crippen molar-refractivity contribution < 1.29 is 4.79 Å². The fraction of sp³-hybridized carbons (Fsp3) is 0.895. The van der Waals surface area contributed by atoms with Crippen LogP contribution in [0.2, 0.25) is 0 Å². The molecule has 3 fully saturated rings. The zero-order valence-corrected chi connectivity index (χ0v) is 15.8. The number of hydrogen-bond acceptors (Lipinski definition) is 3. The second-order valence-electron chi connectivity index (χ2n) is 7.69. The zero-order chi connectivity index (χ0) is 17.5. The molecule has 3 rings (SSSR count). The molecule has 1 saturated heterocycles. The van der Waals surface area contributed by atoms with Crippen molar-refractivity contribution in [3.8, 4) is 0 Å². The van der Waals surface area contributed by atoms with E-state index in [1.165, 1.54) is 32.2 Å². The van der Waals surface area contributed by atoms with Gasteiger partial charge in [-0.25, -0.2) is 0 Å². The summed E-state index contributed by atoms with van der Waals surface area (Å²) in [5.74, 6) is 2.19. The van der Waals surface area contributed by atoms with Gasteiger partial charge >= 0.3 is 0 Å². The molecule has 1 heterocycles. The summed E-state index contributed by atoms with van der Waals surface area (Å²) in [7, 11) is 0. The van der Waals surface area contributed by atoms with Gasteiger partial charge in [-0.1, -0.05) is 0 Å². The minimum absolute atomic E-state index is 0.310. The number of amides is 1. The summed E-state index contributed by atoms with van der Waals surface area (Å²) in [6, 6.07) is 0.847. The molecule has 2 N–H and O–H groups in total. The van der Waals surface area contributed by atoms with Gasteiger partial charge in [-0.15, -0.1) is 0 Å². The molecule has 0 atom stereocenters. The van der Waals surface area contributed by atoms with Gasteiger partial charge in [0.2, 0.25) is 5.91 Å². The van der Waals surface area contributed by atoms with Crippen LogP contribution in [0.15, 0.2) is 4.99 Å². The van der Waals surface area contributed by atoms with E-state index < -0.39 is 0 Å². The summed E-state index contributed by atoms with van der Waals surface area (Å²) in [5.41, 5.74) is 0. The molecule has 0 aromatic heterocycles. The predicted molar refractivity (Wildman–Crippen MR) is 102 cm³/mol. The minimum Gasteiger partial charge on any atom is -0.357 e. The number of hydrogen-bond donors (Lipinski definition) is 2. The number of likely N-dealkylation sites (tertiary alicyclic amines) is 1. The molecule has 3 aliphatic rings. The fourth-order valence-corrected chi connectivity index (χ4v) is 3.55. The number of nitrogens with one attached hydrogen (secondary N) is 2. The highest BCUT2D eigenvalue weighted by Gasteiger charge is 2.33. The minimum atomic E-state index is 0.310. The molecule has 2 aliphatic carbocycles. The van der Waals surface area contributed by atoms with Crippen molar-refractivity contribution in [3.63, 3.8) is 0 Å². The second kappa shape index (κ2) is 9.41. The fourth-order valence-electron chi connectivity index (χ4n) is 3.55. The van der Waals surface area contributed by atoms with Crippen LogP contribution < -0.4 is 10.6 Å². The third-order valence-electron chi connectivity index (χ3n) is 5.32. The standard InChI is InChI=1S/C19H35N5O/c1-2-20-19(21-10-4-13-23-12-3-5-18(23)25)22-11-14-24(17-8-9-17)15-16-6-7-16/h16-17H,2-15H2,1H3,(H2,20,21,22). The monoisotopic (exact) mass is 349 g/mol. The van der Waals surface area contributed by atoms with E-state index in [0.717, 1.165) is 76.5 Å². The summed E-state index contributed by atoms with van der Waals surface area (Å²) in [5, 5.41) is 6.81. The van der Waals surface area contributed by atoms with Gasteiger partial charge in [0.15, 0.2) is 5.96 Å². The first-order valence-corrected chi connectivity index (χ1v) is 10.3. The Morgan fingerprint density at radius 2 is 2.12 bits per heavy atom. The average molecular weight is 350 g/mol. The Morgan fingerprint density at radius 1 is 1.28 bits per heavy atom. The molecule has 25 heavy (non-hydrogen) atoms. The van der Waals surface area contributed by atoms with E-state index in [2.05, 4.69) is 27.4 Å². The Bertz CT molecular complexity index is 459. The van der Waals surface area contributed by atoms with E-state index in [9.17, 15) is 4.79 Å². The largest absolute Gasteiger partial charge is 0.357 e. The van der Waals surface area contributed by atoms with Crippen LogP contribution in [0.1, 0.15) is 51.9 Å². The molecule has 142 valence electrons. The molecule has 0 spiro atoms. The lowest BCUT2D eigenvalue weighted by molar-refractivity contribution is -0.127. The van der Waals surface area contributed by atoms with E-state index in [1.807, 2.05) is 4.90 Å². The quantitative estimate of drug-likeness (QED) is 0.337. The van der Waals surface area contributed by atoms with E-state index in [1.54, 1.807) is 0 Å². The molecule has 1 amide bonds. The van der Waals surface area contributed by atoms with Crippen molar-refractivity contribution in [2.24, 2.45) is 10.9 Å². The number of carbonyl (C=O) groups is 1. The highest BCUT2D eigenvalue weighted by molar-refractivity contribution is 5.79. The summed E-state index contributed by atoms with van der Waals surface area (Å²) < 4.78 is 0. The van der Waals surface area contributed by atoms with Gasteiger partial charge in [0.25, 0.3) is 0 Å². The lowest BCUT2D eigenvalue weighted by Gasteiger charge is -2.22. The van der Waals surface area contributed by atoms with Crippen LogP contribution in [0.5, 0.6) is 0 Å². The normalized spacial score (nSPS) is 21.3. The molecule has 6 nitrogen and oxygen atoms in total. The molecule has 0 bridgehead atoms.